The molecule has 2 N–H and O–H groups in total. The summed E-state index contributed by atoms with van der Waals surface area (Å²) < 4.78 is 6.41. The van der Waals surface area contributed by atoms with Crippen LogP contribution in [0.4, 0.5) is 0 Å². The summed E-state index contributed by atoms with van der Waals surface area (Å²) in [5, 5.41) is 13.2. The Labute approximate surface area is 97.6 Å². The van der Waals surface area contributed by atoms with Gasteiger partial charge in [-0.2, -0.15) is 0 Å². The van der Waals surface area contributed by atoms with Crippen LogP contribution in [0, 0.1) is 6.92 Å². The molecule has 15 heavy (non-hydrogen) atoms. The van der Waals surface area contributed by atoms with Crippen LogP contribution < -0.4 is 5.32 Å². The fraction of sp³-hybridized carbons (Fsp3) is 0.455. The second-order valence-electron chi connectivity index (χ2n) is 3.69. The number of phenolic OH excluding ortho intramolecular Hbond substituents is 1. The summed E-state index contributed by atoms with van der Waals surface area (Å²) in [5.74, 6) is 0.332. The van der Waals surface area contributed by atoms with Gasteiger partial charge in [0.25, 0.3) is 0 Å². The normalized spacial score (nSPS) is 21.6. The molecule has 0 saturated carbocycles. The van der Waals surface area contributed by atoms with Gasteiger partial charge in [-0.1, -0.05) is 15.9 Å². The van der Waals surface area contributed by atoms with Gasteiger partial charge < -0.3 is 15.2 Å². The molecule has 1 unspecified atom stereocenters. The molecule has 82 valence electrons. The van der Waals surface area contributed by atoms with Crippen LogP contribution in [-0.4, -0.2) is 24.9 Å². The van der Waals surface area contributed by atoms with E-state index in [-0.39, 0.29) is 6.04 Å². The highest BCUT2D eigenvalue weighted by molar-refractivity contribution is 9.10. The van der Waals surface area contributed by atoms with E-state index in [0.717, 1.165) is 28.8 Å². The third-order valence-corrected chi connectivity index (χ3v) is 3.55. The lowest BCUT2D eigenvalue weighted by Crippen LogP contribution is -2.35. The zero-order valence-corrected chi connectivity index (χ0v) is 10.2. The lowest BCUT2D eigenvalue weighted by molar-refractivity contribution is 0.0759. The molecule has 2 rings (SSSR count). The van der Waals surface area contributed by atoms with E-state index in [4.69, 9.17) is 4.74 Å². The number of ether oxygens (including phenoxy) is 1. The maximum absolute atomic E-state index is 9.85. The lowest BCUT2D eigenvalue weighted by Gasteiger charge is -2.26. The first kappa shape index (κ1) is 10.9. The Morgan fingerprint density at radius 2 is 2.33 bits per heavy atom. The van der Waals surface area contributed by atoms with E-state index in [9.17, 15) is 5.11 Å². The van der Waals surface area contributed by atoms with Crippen LogP contribution in [0.1, 0.15) is 17.2 Å². The van der Waals surface area contributed by atoms with Gasteiger partial charge in [0.05, 0.1) is 19.3 Å². The second kappa shape index (κ2) is 4.51. The molecule has 4 heteroatoms. The maximum atomic E-state index is 9.85. The lowest BCUT2D eigenvalue weighted by atomic mass is 10.00. The molecule has 0 spiro atoms. The summed E-state index contributed by atoms with van der Waals surface area (Å²) >= 11 is 3.47. The summed E-state index contributed by atoms with van der Waals surface area (Å²) in [6.45, 7) is 4.18. The first-order valence-corrected chi connectivity index (χ1v) is 5.78. The number of halogens is 1. The van der Waals surface area contributed by atoms with Gasteiger partial charge in [0.1, 0.15) is 5.75 Å². The van der Waals surface area contributed by atoms with E-state index in [1.165, 1.54) is 0 Å². The second-order valence-corrected chi connectivity index (χ2v) is 4.54. The highest BCUT2D eigenvalue weighted by atomic mass is 79.9. The number of phenols is 1. The van der Waals surface area contributed by atoms with Crippen LogP contribution in [0.2, 0.25) is 0 Å². The van der Waals surface area contributed by atoms with E-state index in [1.54, 1.807) is 6.07 Å². The number of aromatic hydroxyl groups is 1. The molecule has 0 aromatic heterocycles. The van der Waals surface area contributed by atoms with Crippen molar-refractivity contribution in [3.8, 4) is 5.75 Å². The van der Waals surface area contributed by atoms with Gasteiger partial charge in [0.15, 0.2) is 0 Å². The average molecular weight is 272 g/mol. The summed E-state index contributed by atoms with van der Waals surface area (Å²) in [4.78, 5) is 0. The van der Waals surface area contributed by atoms with Gasteiger partial charge in [-0.05, 0) is 24.6 Å². The van der Waals surface area contributed by atoms with Crippen molar-refractivity contribution in [1.82, 2.24) is 5.32 Å². The van der Waals surface area contributed by atoms with Gasteiger partial charge >= 0.3 is 0 Å². The predicted molar refractivity (Wildman–Crippen MR) is 62.1 cm³/mol. The maximum Gasteiger partial charge on any atom is 0.120 e. The SMILES string of the molecule is Cc1c(Br)ccc(O)c1C1COCCN1. The van der Waals surface area contributed by atoms with Crippen LogP contribution in [0.25, 0.3) is 0 Å². The number of hydrogen-bond acceptors (Lipinski definition) is 3. The van der Waals surface area contributed by atoms with Crippen molar-refractivity contribution < 1.29 is 9.84 Å². The highest BCUT2D eigenvalue weighted by Crippen LogP contribution is 2.33. The summed E-state index contributed by atoms with van der Waals surface area (Å²) in [6, 6.07) is 3.66. The molecule has 0 radical (unpaired) electrons. The molecule has 0 bridgehead atoms. The van der Waals surface area contributed by atoms with Crippen molar-refractivity contribution >= 4 is 15.9 Å². The van der Waals surface area contributed by atoms with Gasteiger partial charge in [0.2, 0.25) is 0 Å². The Bertz CT molecular complexity index is 362. The minimum absolute atomic E-state index is 0.0937. The molecular weight excluding hydrogens is 258 g/mol. The molecule has 1 aliphatic heterocycles. The summed E-state index contributed by atoms with van der Waals surface area (Å²) in [6.07, 6.45) is 0. The van der Waals surface area contributed by atoms with Crippen LogP contribution in [0.3, 0.4) is 0 Å². The third kappa shape index (κ3) is 2.17. The fourth-order valence-corrected chi connectivity index (χ4v) is 2.22. The number of rotatable bonds is 1. The molecule has 1 aromatic carbocycles. The van der Waals surface area contributed by atoms with Gasteiger partial charge in [-0.25, -0.2) is 0 Å². The van der Waals surface area contributed by atoms with Crippen molar-refractivity contribution in [2.24, 2.45) is 0 Å². The van der Waals surface area contributed by atoms with Crippen LogP contribution in [-0.2, 0) is 4.74 Å². The van der Waals surface area contributed by atoms with E-state index >= 15 is 0 Å². The van der Waals surface area contributed by atoms with Crippen molar-refractivity contribution in [3.63, 3.8) is 0 Å². The monoisotopic (exact) mass is 271 g/mol. The summed E-state index contributed by atoms with van der Waals surface area (Å²) in [7, 11) is 0. The van der Waals surface area contributed by atoms with E-state index < -0.39 is 0 Å². The van der Waals surface area contributed by atoms with Gasteiger partial charge in [-0.15, -0.1) is 0 Å². The number of nitrogens with one attached hydrogen (secondary N) is 1. The number of benzene rings is 1. The third-order valence-electron chi connectivity index (χ3n) is 2.70. The molecule has 1 aliphatic rings. The molecule has 1 saturated heterocycles. The summed E-state index contributed by atoms with van der Waals surface area (Å²) in [5.41, 5.74) is 2.00. The molecule has 1 fully saturated rings. The predicted octanol–water partition coefficient (Wildman–Crippen LogP) is 2.12. The van der Waals surface area contributed by atoms with Crippen LogP contribution in [0.5, 0.6) is 5.75 Å². The zero-order chi connectivity index (χ0) is 10.8. The first-order valence-electron chi connectivity index (χ1n) is 4.99. The van der Waals surface area contributed by atoms with Crippen molar-refractivity contribution in [1.29, 1.82) is 0 Å². The Hall–Kier alpha value is -0.580. The Morgan fingerprint density at radius 1 is 1.53 bits per heavy atom. The smallest absolute Gasteiger partial charge is 0.120 e. The molecule has 0 aliphatic carbocycles. The minimum Gasteiger partial charge on any atom is -0.508 e. The van der Waals surface area contributed by atoms with E-state index in [0.29, 0.717) is 12.4 Å². The highest BCUT2D eigenvalue weighted by Gasteiger charge is 2.21. The molecule has 3 nitrogen and oxygen atoms in total. The zero-order valence-electron chi connectivity index (χ0n) is 8.59. The van der Waals surface area contributed by atoms with E-state index in [1.807, 2.05) is 13.0 Å². The first-order chi connectivity index (χ1) is 7.20. The Morgan fingerprint density at radius 3 is 3.00 bits per heavy atom. The standard InChI is InChI=1S/C11H14BrNO2/c1-7-8(12)2-3-10(14)11(7)9-6-15-5-4-13-9/h2-3,9,13-14H,4-6H2,1H3. The minimum atomic E-state index is 0.0937. The molecule has 1 aromatic rings. The molecule has 0 amide bonds. The van der Waals surface area contributed by atoms with Crippen molar-refractivity contribution in [2.75, 3.05) is 19.8 Å². The van der Waals surface area contributed by atoms with Gasteiger partial charge in [0, 0.05) is 16.6 Å². The Kier molecular flexibility index (Phi) is 3.29. The number of morpholine rings is 1. The number of hydrogen-bond donors (Lipinski definition) is 2. The van der Waals surface area contributed by atoms with Crippen LogP contribution >= 0.6 is 15.9 Å². The molecule has 1 atom stereocenters. The van der Waals surface area contributed by atoms with Crippen molar-refractivity contribution in [3.05, 3.63) is 27.7 Å². The van der Waals surface area contributed by atoms with E-state index in [2.05, 4.69) is 21.2 Å². The average Bonchev–Trinajstić information content (AvgIpc) is 2.26. The van der Waals surface area contributed by atoms with Crippen LogP contribution in [0.15, 0.2) is 16.6 Å². The van der Waals surface area contributed by atoms with Gasteiger partial charge in [-0.3, -0.25) is 0 Å². The Balaban J connectivity index is 2.36. The van der Waals surface area contributed by atoms with Crippen molar-refractivity contribution in [2.45, 2.75) is 13.0 Å². The molecular formula is C11H14BrNO2. The largest absolute Gasteiger partial charge is 0.508 e. The molecule has 1 heterocycles. The quantitative estimate of drug-likeness (QED) is 0.822. The fourth-order valence-electron chi connectivity index (χ4n) is 1.88. The topological polar surface area (TPSA) is 41.5 Å².